The first-order valence-corrected chi connectivity index (χ1v) is 13.5. The minimum Gasteiger partial charge on any atom is -0.489 e. The minimum absolute atomic E-state index is 0.330. The molecule has 210 valence electrons. The summed E-state index contributed by atoms with van der Waals surface area (Å²) in [6.45, 7) is 4.05. The zero-order valence-corrected chi connectivity index (χ0v) is 23.3. The fraction of sp³-hybridized carbons (Fsp3) is 0.114. The number of rotatable bonds is 10. The van der Waals surface area contributed by atoms with Gasteiger partial charge >= 0.3 is 5.97 Å². The van der Waals surface area contributed by atoms with Crippen molar-refractivity contribution in [2.45, 2.75) is 26.6 Å². The molecule has 7 heteroatoms. The molecule has 0 saturated heterocycles. The molecule has 1 N–H and O–H groups in total. The highest BCUT2D eigenvalue weighted by molar-refractivity contribution is 6.04. The summed E-state index contributed by atoms with van der Waals surface area (Å²) in [6.07, 6.45) is 0.661. The van der Waals surface area contributed by atoms with Gasteiger partial charge in [-0.3, -0.25) is 4.79 Å². The number of nitrogens with zero attached hydrogens (tertiary/aromatic N) is 1. The lowest BCUT2D eigenvalue weighted by molar-refractivity contribution is -0.127. The van der Waals surface area contributed by atoms with Crippen LogP contribution in [0.1, 0.15) is 34.0 Å². The number of aryl methyl sites for hydroxylation is 1. The van der Waals surface area contributed by atoms with Gasteiger partial charge in [-0.2, -0.15) is 5.10 Å². The van der Waals surface area contributed by atoms with E-state index in [0.29, 0.717) is 35.0 Å². The highest BCUT2D eigenvalue weighted by Crippen LogP contribution is 2.27. The van der Waals surface area contributed by atoms with Gasteiger partial charge in [0.2, 0.25) is 0 Å². The molecule has 0 bridgehead atoms. The van der Waals surface area contributed by atoms with Crippen molar-refractivity contribution in [3.8, 4) is 17.2 Å². The van der Waals surface area contributed by atoms with Crippen molar-refractivity contribution in [1.29, 1.82) is 0 Å². The highest BCUT2D eigenvalue weighted by Gasteiger charge is 2.16. The number of ether oxygens (including phenoxy) is 3. The van der Waals surface area contributed by atoms with E-state index < -0.39 is 18.0 Å². The first kappa shape index (κ1) is 28.1. The molecular formula is C35H30N2O5. The number of hydrazone groups is 1. The molecule has 0 heterocycles. The maximum absolute atomic E-state index is 12.8. The van der Waals surface area contributed by atoms with Gasteiger partial charge in [0.05, 0.1) is 11.8 Å². The summed E-state index contributed by atoms with van der Waals surface area (Å²) in [6, 6.07) is 35.4. The maximum Gasteiger partial charge on any atom is 0.343 e. The first-order chi connectivity index (χ1) is 20.5. The quantitative estimate of drug-likeness (QED) is 0.0876. The van der Waals surface area contributed by atoms with Crippen LogP contribution in [0.3, 0.4) is 0 Å². The van der Waals surface area contributed by atoms with Crippen LogP contribution in [0.25, 0.3) is 10.8 Å². The molecule has 7 nitrogen and oxygen atoms in total. The second-order valence-electron chi connectivity index (χ2n) is 9.69. The molecule has 0 aliphatic carbocycles. The number of carbonyl (C=O) groups excluding carboxylic acids is 2. The molecule has 0 aliphatic heterocycles. The van der Waals surface area contributed by atoms with Gasteiger partial charge in [0, 0.05) is 5.56 Å². The van der Waals surface area contributed by atoms with Gasteiger partial charge in [-0.25, -0.2) is 10.2 Å². The van der Waals surface area contributed by atoms with E-state index in [0.717, 1.165) is 21.9 Å². The Hall–Kier alpha value is -5.43. The van der Waals surface area contributed by atoms with Gasteiger partial charge in [-0.1, -0.05) is 78.4 Å². The predicted octanol–water partition coefficient (Wildman–Crippen LogP) is 6.86. The SMILES string of the molecule is Cc1ccc(C(=O)Oc2ccc3ccccc3c2C=NNC(=O)C(C)Oc2ccc(OCc3ccccc3)cc2)cc1. The molecule has 1 amide bonds. The Bertz CT molecular complexity index is 1700. The molecular weight excluding hydrogens is 528 g/mol. The third-order valence-electron chi connectivity index (χ3n) is 6.54. The van der Waals surface area contributed by atoms with E-state index in [4.69, 9.17) is 14.2 Å². The van der Waals surface area contributed by atoms with E-state index in [9.17, 15) is 9.59 Å². The Morgan fingerprint density at radius 2 is 1.50 bits per heavy atom. The monoisotopic (exact) mass is 558 g/mol. The molecule has 1 unspecified atom stereocenters. The van der Waals surface area contributed by atoms with Crippen LogP contribution in [-0.2, 0) is 11.4 Å². The largest absolute Gasteiger partial charge is 0.489 e. The number of fused-ring (bicyclic) bond motifs is 1. The zero-order chi connectivity index (χ0) is 29.3. The summed E-state index contributed by atoms with van der Waals surface area (Å²) in [5.41, 5.74) is 5.64. The molecule has 0 aliphatic rings. The van der Waals surface area contributed by atoms with Crippen LogP contribution in [0, 0.1) is 6.92 Å². The van der Waals surface area contributed by atoms with E-state index in [1.54, 1.807) is 49.4 Å². The Morgan fingerprint density at radius 1 is 0.810 bits per heavy atom. The smallest absolute Gasteiger partial charge is 0.343 e. The molecule has 5 rings (SSSR count). The van der Waals surface area contributed by atoms with Crippen molar-refractivity contribution >= 4 is 28.9 Å². The second-order valence-corrected chi connectivity index (χ2v) is 9.69. The first-order valence-electron chi connectivity index (χ1n) is 13.5. The molecule has 0 spiro atoms. The average Bonchev–Trinajstić information content (AvgIpc) is 3.02. The second kappa shape index (κ2) is 13.3. The van der Waals surface area contributed by atoms with Crippen molar-refractivity contribution in [2.24, 2.45) is 5.10 Å². The van der Waals surface area contributed by atoms with Gasteiger partial charge < -0.3 is 14.2 Å². The van der Waals surface area contributed by atoms with Gasteiger partial charge in [0.1, 0.15) is 23.9 Å². The fourth-order valence-electron chi connectivity index (χ4n) is 4.21. The number of benzene rings is 5. The molecule has 5 aromatic rings. The lowest BCUT2D eigenvalue weighted by atomic mass is 10.0. The lowest BCUT2D eigenvalue weighted by Crippen LogP contribution is -2.33. The number of hydrogen-bond acceptors (Lipinski definition) is 6. The van der Waals surface area contributed by atoms with Crippen molar-refractivity contribution < 1.29 is 23.8 Å². The van der Waals surface area contributed by atoms with E-state index >= 15 is 0 Å². The van der Waals surface area contributed by atoms with Crippen molar-refractivity contribution in [3.05, 3.63) is 138 Å². The van der Waals surface area contributed by atoms with E-state index in [-0.39, 0.29) is 0 Å². The number of nitrogens with one attached hydrogen (secondary N) is 1. The Kier molecular flexibility index (Phi) is 8.89. The standard InChI is InChI=1S/C35H30N2O5/c1-24-12-14-28(15-13-24)35(39)42-33-21-16-27-10-6-7-11-31(27)32(33)22-36-37-34(38)25(2)41-30-19-17-29(18-20-30)40-23-26-8-4-3-5-9-26/h3-22,25H,23H2,1-2H3,(H,37,38). The van der Waals surface area contributed by atoms with Gasteiger partial charge in [0.15, 0.2) is 6.10 Å². The maximum atomic E-state index is 12.8. The topological polar surface area (TPSA) is 86.2 Å². The van der Waals surface area contributed by atoms with E-state index in [1.807, 2.05) is 79.7 Å². The molecule has 0 saturated carbocycles. The van der Waals surface area contributed by atoms with E-state index in [2.05, 4.69) is 10.5 Å². The zero-order valence-electron chi connectivity index (χ0n) is 23.3. The Morgan fingerprint density at radius 3 is 2.26 bits per heavy atom. The van der Waals surface area contributed by atoms with Crippen LogP contribution in [0.5, 0.6) is 17.2 Å². The summed E-state index contributed by atoms with van der Waals surface area (Å²) < 4.78 is 17.3. The molecule has 0 aromatic heterocycles. The van der Waals surface area contributed by atoms with Crippen LogP contribution in [0.2, 0.25) is 0 Å². The van der Waals surface area contributed by atoms with Crippen LogP contribution < -0.4 is 19.6 Å². The summed E-state index contributed by atoms with van der Waals surface area (Å²) in [7, 11) is 0. The minimum atomic E-state index is -0.815. The molecule has 5 aromatic carbocycles. The number of hydrogen-bond donors (Lipinski definition) is 1. The van der Waals surface area contributed by atoms with Gasteiger partial charge in [-0.15, -0.1) is 0 Å². The van der Waals surface area contributed by atoms with Crippen LogP contribution >= 0.6 is 0 Å². The Balaban J connectivity index is 1.22. The third-order valence-corrected chi connectivity index (χ3v) is 6.54. The number of amides is 1. The number of carbonyl (C=O) groups is 2. The van der Waals surface area contributed by atoms with Crippen molar-refractivity contribution in [3.63, 3.8) is 0 Å². The Labute approximate surface area is 244 Å². The van der Waals surface area contributed by atoms with Crippen LogP contribution in [0.15, 0.2) is 120 Å². The summed E-state index contributed by atoms with van der Waals surface area (Å²) in [4.78, 5) is 25.6. The summed E-state index contributed by atoms with van der Waals surface area (Å²) in [5, 5.41) is 5.92. The predicted molar refractivity (Wildman–Crippen MR) is 163 cm³/mol. The lowest BCUT2D eigenvalue weighted by Gasteiger charge is -2.14. The normalized spacial score (nSPS) is 11.7. The summed E-state index contributed by atoms with van der Waals surface area (Å²) >= 11 is 0. The average molecular weight is 559 g/mol. The van der Waals surface area contributed by atoms with Crippen LogP contribution in [-0.4, -0.2) is 24.2 Å². The highest BCUT2D eigenvalue weighted by atomic mass is 16.5. The third kappa shape index (κ3) is 7.20. The van der Waals surface area contributed by atoms with Gasteiger partial charge in [0.25, 0.3) is 5.91 Å². The van der Waals surface area contributed by atoms with Gasteiger partial charge in [-0.05, 0) is 72.6 Å². The molecule has 0 fully saturated rings. The van der Waals surface area contributed by atoms with Crippen molar-refractivity contribution in [1.82, 2.24) is 5.43 Å². The van der Waals surface area contributed by atoms with Crippen LogP contribution in [0.4, 0.5) is 0 Å². The molecule has 42 heavy (non-hydrogen) atoms. The number of esters is 1. The van der Waals surface area contributed by atoms with E-state index in [1.165, 1.54) is 6.21 Å². The molecule has 0 radical (unpaired) electrons. The fourth-order valence-corrected chi connectivity index (χ4v) is 4.21. The molecule has 1 atom stereocenters. The van der Waals surface area contributed by atoms with Crippen molar-refractivity contribution in [2.75, 3.05) is 0 Å². The summed E-state index contributed by atoms with van der Waals surface area (Å²) in [5.74, 6) is 0.627.